The molecule has 0 atom stereocenters. The number of nitrogens with two attached hydrogens (primary N) is 1. The highest BCUT2D eigenvalue weighted by atomic mass is 15.3. The van der Waals surface area contributed by atoms with Gasteiger partial charge in [-0.2, -0.15) is 10.4 Å². The molecule has 0 spiro atoms. The van der Waals surface area contributed by atoms with E-state index in [0.29, 0.717) is 17.1 Å². The number of hydrogen-bond donors (Lipinski definition) is 1. The van der Waals surface area contributed by atoms with Gasteiger partial charge in [0.2, 0.25) is 0 Å². The normalized spacial score (nSPS) is 10.3. The van der Waals surface area contributed by atoms with Gasteiger partial charge in [-0.05, 0) is 30.2 Å². The van der Waals surface area contributed by atoms with Crippen LogP contribution in [-0.4, -0.2) is 9.78 Å². The summed E-state index contributed by atoms with van der Waals surface area (Å²) in [5.41, 5.74) is 10.1. The van der Waals surface area contributed by atoms with Crippen LogP contribution in [0.1, 0.15) is 11.3 Å². The first-order valence-electron chi connectivity index (χ1n) is 6.62. The van der Waals surface area contributed by atoms with Gasteiger partial charge in [-0.1, -0.05) is 42.5 Å². The molecular formula is C17H14N4. The Morgan fingerprint density at radius 2 is 1.71 bits per heavy atom. The van der Waals surface area contributed by atoms with E-state index >= 15 is 0 Å². The number of nitrogens with zero attached hydrogens (tertiary/aromatic N) is 3. The van der Waals surface area contributed by atoms with E-state index in [9.17, 15) is 5.26 Å². The second-order valence-corrected chi connectivity index (χ2v) is 4.78. The van der Waals surface area contributed by atoms with E-state index in [1.807, 2.05) is 61.5 Å². The Morgan fingerprint density at radius 1 is 1.05 bits per heavy atom. The average molecular weight is 274 g/mol. The van der Waals surface area contributed by atoms with Crippen molar-refractivity contribution in [1.82, 2.24) is 9.78 Å². The Bertz CT molecular complexity index is 826. The van der Waals surface area contributed by atoms with Crippen molar-refractivity contribution in [2.45, 2.75) is 6.92 Å². The van der Waals surface area contributed by atoms with Crippen LogP contribution in [-0.2, 0) is 0 Å². The van der Waals surface area contributed by atoms with Gasteiger partial charge < -0.3 is 5.73 Å². The lowest BCUT2D eigenvalue weighted by atomic mass is 10.0. The number of aryl methyl sites for hydroxylation is 1. The van der Waals surface area contributed by atoms with Gasteiger partial charge in [0, 0.05) is 0 Å². The molecule has 102 valence electrons. The smallest absolute Gasteiger partial charge is 0.172 e. The van der Waals surface area contributed by atoms with Crippen LogP contribution in [0.3, 0.4) is 0 Å². The molecule has 4 nitrogen and oxygen atoms in total. The molecule has 2 aromatic carbocycles. The van der Waals surface area contributed by atoms with E-state index in [-0.39, 0.29) is 0 Å². The standard InChI is InChI=1S/C17H14N4/c1-12-7-5-6-10-14(12)16-15(11-18)20-21(17(16)19)13-8-3-2-4-9-13/h2-10H,19H2,1H3. The zero-order valence-electron chi connectivity index (χ0n) is 11.6. The summed E-state index contributed by atoms with van der Waals surface area (Å²) >= 11 is 0. The molecule has 4 heteroatoms. The molecule has 0 aliphatic carbocycles. The molecule has 1 heterocycles. The van der Waals surface area contributed by atoms with E-state index in [2.05, 4.69) is 11.2 Å². The van der Waals surface area contributed by atoms with Crippen LogP contribution in [0.5, 0.6) is 0 Å². The Kier molecular flexibility index (Phi) is 3.17. The number of hydrogen-bond acceptors (Lipinski definition) is 3. The summed E-state index contributed by atoms with van der Waals surface area (Å²) in [4.78, 5) is 0. The molecule has 0 saturated heterocycles. The first kappa shape index (κ1) is 12.9. The van der Waals surface area contributed by atoms with E-state index in [0.717, 1.165) is 16.8 Å². The lowest BCUT2D eigenvalue weighted by molar-refractivity contribution is 0.883. The Hall–Kier alpha value is -3.06. The third-order valence-corrected chi connectivity index (χ3v) is 3.44. The molecule has 2 N–H and O–H groups in total. The summed E-state index contributed by atoms with van der Waals surface area (Å²) in [5.74, 6) is 0.479. The number of nitriles is 1. The second-order valence-electron chi connectivity index (χ2n) is 4.78. The van der Waals surface area contributed by atoms with Crippen molar-refractivity contribution in [1.29, 1.82) is 5.26 Å². The van der Waals surface area contributed by atoms with Crippen molar-refractivity contribution < 1.29 is 0 Å². The molecule has 0 fully saturated rings. The molecule has 3 aromatic rings. The number of para-hydroxylation sites is 1. The lowest BCUT2D eigenvalue weighted by Gasteiger charge is -2.06. The van der Waals surface area contributed by atoms with Crippen molar-refractivity contribution in [3.8, 4) is 22.9 Å². The van der Waals surface area contributed by atoms with Crippen LogP contribution >= 0.6 is 0 Å². The minimum absolute atomic E-state index is 0.339. The van der Waals surface area contributed by atoms with Crippen LogP contribution < -0.4 is 5.73 Å². The summed E-state index contributed by atoms with van der Waals surface area (Å²) in [6, 6.07) is 19.6. The fourth-order valence-corrected chi connectivity index (χ4v) is 2.39. The average Bonchev–Trinajstić information content (AvgIpc) is 2.85. The minimum Gasteiger partial charge on any atom is -0.383 e. The number of nitrogen functional groups attached to an aromatic ring is 1. The molecule has 0 aliphatic rings. The fourth-order valence-electron chi connectivity index (χ4n) is 2.39. The Labute approximate surface area is 123 Å². The second kappa shape index (κ2) is 5.14. The number of benzene rings is 2. The molecule has 1 aromatic heterocycles. The molecule has 0 aliphatic heterocycles. The van der Waals surface area contributed by atoms with Gasteiger partial charge >= 0.3 is 0 Å². The molecule has 0 bridgehead atoms. The molecular weight excluding hydrogens is 260 g/mol. The number of rotatable bonds is 2. The molecule has 0 saturated carbocycles. The summed E-state index contributed by atoms with van der Waals surface area (Å²) in [5, 5.41) is 13.7. The maximum atomic E-state index is 9.37. The summed E-state index contributed by atoms with van der Waals surface area (Å²) in [6.07, 6.45) is 0. The van der Waals surface area contributed by atoms with Crippen LogP contribution in [0.4, 0.5) is 5.82 Å². The third kappa shape index (κ3) is 2.15. The first-order chi connectivity index (χ1) is 10.2. The molecule has 3 rings (SSSR count). The van der Waals surface area contributed by atoms with Gasteiger partial charge in [0.15, 0.2) is 5.69 Å². The van der Waals surface area contributed by atoms with Crippen molar-refractivity contribution in [2.24, 2.45) is 0 Å². The highest BCUT2D eigenvalue weighted by Gasteiger charge is 2.19. The molecule has 21 heavy (non-hydrogen) atoms. The van der Waals surface area contributed by atoms with Crippen molar-refractivity contribution >= 4 is 5.82 Å². The van der Waals surface area contributed by atoms with E-state index in [4.69, 9.17) is 5.73 Å². The van der Waals surface area contributed by atoms with Crippen LogP contribution in [0.25, 0.3) is 16.8 Å². The third-order valence-electron chi connectivity index (χ3n) is 3.44. The maximum absolute atomic E-state index is 9.37. The van der Waals surface area contributed by atoms with Crippen LogP contribution in [0.2, 0.25) is 0 Å². The zero-order chi connectivity index (χ0) is 14.8. The first-order valence-corrected chi connectivity index (χ1v) is 6.62. The lowest BCUT2D eigenvalue weighted by Crippen LogP contribution is -2.02. The quantitative estimate of drug-likeness (QED) is 0.779. The molecule has 0 amide bonds. The van der Waals surface area contributed by atoms with Gasteiger partial charge in [0.05, 0.1) is 11.3 Å². The maximum Gasteiger partial charge on any atom is 0.172 e. The summed E-state index contributed by atoms with van der Waals surface area (Å²) in [7, 11) is 0. The Morgan fingerprint density at radius 3 is 2.38 bits per heavy atom. The van der Waals surface area contributed by atoms with E-state index in [1.165, 1.54) is 0 Å². The summed E-state index contributed by atoms with van der Waals surface area (Å²) < 4.78 is 1.61. The zero-order valence-corrected chi connectivity index (χ0v) is 11.6. The monoisotopic (exact) mass is 274 g/mol. The van der Waals surface area contributed by atoms with Gasteiger partial charge in [0.1, 0.15) is 11.9 Å². The predicted octanol–water partition coefficient (Wildman–Crippen LogP) is 3.30. The highest BCUT2D eigenvalue weighted by Crippen LogP contribution is 2.33. The van der Waals surface area contributed by atoms with Crippen molar-refractivity contribution in [3.05, 3.63) is 65.9 Å². The van der Waals surface area contributed by atoms with Crippen LogP contribution in [0, 0.1) is 18.3 Å². The van der Waals surface area contributed by atoms with Gasteiger partial charge in [-0.25, -0.2) is 4.68 Å². The van der Waals surface area contributed by atoms with Crippen molar-refractivity contribution in [2.75, 3.05) is 5.73 Å². The fraction of sp³-hybridized carbons (Fsp3) is 0.0588. The van der Waals surface area contributed by atoms with Crippen molar-refractivity contribution in [3.63, 3.8) is 0 Å². The highest BCUT2D eigenvalue weighted by molar-refractivity contribution is 5.81. The van der Waals surface area contributed by atoms with Crippen LogP contribution in [0.15, 0.2) is 54.6 Å². The van der Waals surface area contributed by atoms with Gasteiger partial charge in [-0.15, -0.1) is 0 Å². The SMILES string of the molecule is Cc1ccccc1-c1c(C#N)nn(-c2ccccc2)c1N. The van der Waals surface area contributed by atoms with Gasteiger partial charge in [0.25, 0.3) is 0 Å². The van der Waals surface area contributed by atoms with E-state index < -0.39 is 0 Å². The molecule has 0 unspecified atom stereocenters. The van der Waals surface area contributed by atoms with Gasteiger partial charge in [-0.3, -0.25) is 0 Å². The summed E-state index contributed by atoms with van der Waals surface area (Å²) in [6.45, 7) is 2.00. The Balaban J connectivity index is 2.26. The van der Waals surface area contributed by atoms with E-state index in [1.54, 1.807) is 4.68 Å². The minimum atomic E-state index is 0.339. The molecule has 0 radical (unpaired) electrons. The number of aromatic nitrogens is 2. The largest absolute Gasteiger partial charge is 0.383 e. The predicted molar refractivity (Wildman–Crippen MR) is 82.9 cm³/mol. The topological polar surface area (TPSA) is 67.6 Å². The number of anilines is 1.